The summed E-state index contributed by atoms with van der Waals surface area (Å²) in [6, 6.07) is 14.1. The molecule has 8 nitrogen and oxygen atoms in total. The van der Waals surface area contributed by atoms with Gasteiger partial charge in [0, 0.05) is 0 Å². The zero-order chi connectivity index (χ0) is 24.0. The van der Waals surface area contributed by atoms with Crippen LogP contribution in [0, 0.1) is 11.6 Å². The summed E-state index contributed by atoms with van der Waals surface area (Å²) in [5, 5.41) is -0.0307. The molecule has 0 spiro atoms. The van der Waals surface area contributed by atoms with Gasteiger partial charge in [0.25, 0.3) is 0 Å². The number of nitrogens with zero attached hydrogens (tertiary/aromatic N) is 4. The van der Waals surface area contributed by atoms with E-state index in [-0.39, 0.29) is 43.8 Å². The molecule has 2 aromatic heterocycles. The van der Waals surface area contributed by atoms with Gasteiger partial charge in [-0.05, 0) is 0 Å². The Balaban J connectivity index is 1.40. The molecule has 4 aromatic carbocycles. The zero-order valence-electron chi connectivity index (χ0n) is 17.8. The van der Waals surface area contributed by atoms with Crippen LogP contribution in [-0.2, 0) is 0 Å². The molecule has 0 saturated heterocycles. The van der Waals surface area contributed by atoms with Gasteiger partial charge in [0.05, 0.1) is 0 Å². The summed E-state index contributed by atoms with van der Waals surface area (Å²) in [6.07, 6.45) is 0. The van der Waals surface area contributed by atoms with Gasteiger partial charge in [-0.3, -0.25) is 0 Å². The molecule has 2 aliphatic rings. The number of rotatable bonds is 2. The molecule has 0 atom stereocenters. The first-order valence-electron chi connectivity index (χ1n) is 10.7. The molecule has 0 unspecified atom stereocenters. The van der Waals surface area contributed by atoms with Gasteiger partial charge in [-0.25, -0.2) is 0 Å². The molecule has 0 aliphatic carbocycles. The summed E-state index contributed by atoms with van der Waals surface area (Å²) in [6.45, 7) is 0. The number of hydrogen-bond acceptors (Lipinski definition) is 8. The molecule has 2 aliphatic heterocycles. The number of fused-ring (bicyclic) bond motifs is 7. The first kappa shape index (κ1) is 20.7. The van der Waals surface area contributed by atoms with E-state index >= 15 is 8.78 Å². The molecular weight excluding hydrogens is 602 g/mol. The molecule has 6 aromatic rings. The molecule has 14 heteroatoms. The normalized spacial score (nSPS) is 14.1. The molecule has 8 rings (SSSR count). The van der Waals surface area contributed by atoms with E-state index in [0.717, 1.165) is 0 Å². The van der Waals surface area contributed by atoms with Gasteiger partial charge in [-0.2, -0.15) is 0 Å². The van der Waals surface area contributed by atoms with Gasteiger partial charge in [0.1, 0.15) is 0 Å². The van der Waals surface area contributed by atoms with E-state index < -0.39 is 55.8 Å². The third-order valence-corrected chi connectivity index (χ3v) is 8.45. The maximum absolute atomic E-state index is 16.4. The Hall–Kier alpha value is -3.43. The van der Waals surface area contributed by atoms with Gasteiger partial charge in [-0.15, -0.1) is 0 Å². The monoisotopic (exact) mass is 612 g/mol. The summed E-state index contributed by atoms with van der Waals surface area (Å²) >= 11 is -1.17. The van der Waals surface area contributed by atoms with Crippen LogP contribution < -0.4 is 29.5 Å². The SMILES string of the molecule is Fc1c(B2Oc3ccccc3O2)c2n[se]nc2c2c(F)c(B3Oc4ccccc4O3)c3n[se]nc3c12. The summed E-state index contributed by atoms with van der Waals surface area (Å²) < 4.78 is 74.2. The molecule has 36 heavy (non-hydrogen) atoms. The second-order valence-corrected chi connectivity index (χ2v) is 10.4. The van der Waals surface area contributed by atoms with Crippen molar-refractivity contribution in [1.82, 2.24) is 15.9 Å². The minimum absolute atomic E-state index is 0.0153. The Morgan fingerprint density at radius 2 is 0.861 bits per heavy atom. The molecule has 0 bridgehead atoms. The molecule has 0 amide bonds. The van der Waals surface area contributed by atoms with Gasteiger partial charge in [-0.1, -0.05) is 0 Å². The van der Waals surface area contributed by atoms with Crippen LogP contribution in [0.15, 0.2) is 48.5 Å². The number of aromatic nitrogens is 4. The predicted molar refractivity (Wildman–Crippen MR) is 130 cm³/mol. The van der Waals surface area contributed by atoms with Crippen LogP contribution >= 0.6 is 0 Å². The standard InChI is InChI=1S/C22H8B2F2N4O4Se2/c25-17-13-14(19-21(29-35-27-19)15(17)23-31-9-5-1-2-6-10(9)32-23)18(26)16(22-20(13)28-36-30-22)24-33-11-7-3-4-8-12(11)34-24/h1-8H. The number of para-hydroxylation sites is 4. The average molecular weight is 610 g/mol. The van der Waals surface area contributed by atoms with Crippen molar-refractivity contribution in [1.29, 1.82) is 0 Å². The number of halogens is 2. The zero-order valence-corrected chi connectivity index (χ0v) is 21.2. The van der Waals surface area contributed by atoms with E-state index in [4.69, 9.17) is 18.6 Å². The fourth-order valence-electron chi connectivity index (χ4n) is 4.67. The van der Waals surface area contributed by atoms with Gasteiger partial charge < -0.3 is 0 Å². The first-order valence-corrected chi connectivity index (χ1v) is 13.8. The first-order chi connectivity index (χ1) is 17.7. The third-order valence-electron chi connectivity index (χ3n) is 6.23. The molecule has 4 heterocycles. The van der Waals surface area contributed by atoms with E-state index in [1.54, 1.807) is 48.5 Å². The van der Waals surface area contributed by atoms with Gasteiger partial charge in [0.15, 0.2) is 0 Å². The van der Waals surface area contributed by atoms with Crippen molar-refractivity contribution >= 4 is 87.9 Å². The van der Waals surface area contributed by atoms with Crippen molar-refractivity contribution < 1.29 is 27.4 Å². The average Bonchev–Trinajstić information content (AvgIpc) is 3.68. The summed E-state index contributed by atoms with van der Waals surface area (Å²) in [5.41, 5.74) is 1.08. The Morgan fingerprint density at radius 3 is 1.22 bits per heavy atom. The van der Waals surface area contributed by atoms with E-state index in [1.165, 1.54) is 0 Å². The van der Waals surface area contributed by atoms with E-state index in [2.05, 4.69) is 15.9 Å². The van der Waals surface area contributed by atoms with Gasteiger partial charge in [0.2, 0.25) is 0 Å². The second-order valence-electron chi connectivity index (χ2n) is 8.16. The van der Waals surface area contributed by atoms with Crippen LogP contribution in [0.1, 0.15) is 0 Å². The Morgan fingerprint density at radius 1 is 0.528 bits per heavy atom. The van der Waals surface area contributed by atoms with E-state index in [9.17, 15) is 0 Å². The van der Waals surface area contributed by atoms with Crippen molar-refractivity contribution in [3.63, 3.8) is 0 Å². The van der Waals surface area contributed by atoms with Gasteiger partial charge >= 0.3 is 214 Å². The molecule has 0 N–H and O–H groups in total. The van der Waals surface area contributed by atoms with E-state index in [1.807, 2.05) is 0 Å². The molecule has 0 fully saturated rings. The quantitative estimate of drug-likeness (QED) is 0.273. The Labute approximate surface area is 213 Å². The van der Waals surface area contributed by atoms with Crippen molar-refractivity contribution in [2.75, 3.05) is 0 Å². The molecule has 172 valence electrons. The minimum atomic E-state index is -1.09. The predicted octanol–water partition coefficient (Wildman–Crippen LogP) is 1.45. The number of hydrogen-bond donors (Lipinski definition) is 0. The van der Waals surface area contributed by atoms with Crippen molar-refractivity contribution in [2.24, 2.45) is 0 Å². The van der Waals surface area contributed by atoms with Crippen LogP contribution in [0.25, 0.3) is 32.8 Å². The van der Waals surface area contributed by atoms with Crippen LogP contribution in [0.2, 0.25) is 0 Å². The fourth-order valence-corrected chi connectivity index (χ4v) is 7.04. The van der Waals surface area contributed by atoms with Crippen molar-refractivity contribution in [3.05, 3.63) is 60.2 Å². The Bertz CT molecular complexity index is 1700. The fraction of sp³-hybridized carbons (Fsp3) is 0. The summed E-state index contributed by atoms with van der Waals surface area (Å²) in [4.78, 5) is 0. The molecule has 0 radical (unpaired) electrons. The number of benzene rings is 4. The van der Waals surface area contributed by atoms with E-state index in [0.29, 0.717) is 23.0 Å². The summed E-state index contributed by atoms with van der Waals surface area (Å²) in [5.74, 6) is 0.519. The second kappa shape index (κ2) is 7.54. The topological polar surface area (TPSA) is 88.5 Å². The summed E-state index contributed by atoms with van der Waals surface area (Å²) in [7, 11) is -2.18. The van der Waals surface area contributed by atoms with Crippen LogP contribution in [0.4, 0.5) is 8.78 Å². The van der Waals surface area contributed by atoms with Crippen molar-refractivity contribution in [3.8, 4) is 23.0 Å². The Kier molecular flexibility index (Phi) is 4.34. The molecule has 0 saturated carbocycles. The maximum atomic E-state index is 16.4. The van der Waals surface area contributed by atoms with Crippen LogP contribution in [0.5, 0.6) is 23.0 Å². The molecular formula is C22H8B2F2N4O4Se2. The third kappa shape index (κ3) is 2.75. The van der Waals surface area contributed by atoms with Crippen LogP contribution in [0.3, 0.4) is 0 Å². The van der Waals surface area contributed by atoms with Crippen LogP contribution in [-0.4, -0.2) is 60.1 Å². The van der Waals surface area contributed by atoms with Crippen molar-refractivity contribution in [2.45, 2.75) is 0 Å².